The van der Waals surface area contributed by atoms with Crippen LogP contribution < -0.4 is 26.4 Å². The van der Waals surface area contributed by atoms with Crippen LogP contribution in [0.2, 0.25) is 0 Å². The summed E-state index contributed by atoms with van der Waals surface area (Å²) in [6, 6.07) is 4.50. The minimum atomic E-state index is -0.558. The van der Waals surface area contributed by atoms with E-state index in [1.165, 1.54) is 17.9 Å². The molecule has 144 valence electrons. The summed E-state index contributed by atoms with van der Waals surface area (Å²) in [5.41, 5.74) is 2.22. The lowest BCUT2D eigenvalue weighted by atomic mass is 9.93. The minimum Gasteiger partial charge on any atom is -0.496 e. The van der Waals surface area contributed by atoms with Crippen molar-refractivity contribution in [2.45, 2.75) is 32.2 Å². The molecule has 10 heteroatoms. The molecule has 2 aromatic carbocycles. The Morgan fingerprint density at radius 2 is 2.04 bits per heavy atom. The predicted octanol–water partition coefficient (Wildman–Crippen LogP) is 1.51. The number of hydrogen-bond acceptors (Lipinski definition) is 8. The van der Waals surface area contributed by atoms with Crippen LogP contribution in [0.4, 0.5) is 11.6 Å². The van der Waals surface area contributed by atoms with Crippen LogP contribution in [-0.2, 0) is 0 Å². The molecule has 1 aromatic heterocycles. The second-order valence-electron chi connectivity index (χ2n) is 6.79. The first-order valence-electron chi connectivity index (χ1n) is 8.76. The van der Waals surface area contributed by atoms with Crippen molar-refractivity contribution in [3.05, 3.63) is 59.7 Å². The summed E-state index contributed by atoms with van der Waals surface area (Å²) in [6.07, 6.45) is 2.64. The van der Waals surface area contributed by atoms with Crippen LogP contribution in [-0.4, -0.2) is 21.8 Å². The number of hydrogen-bond donors (Lipinski definition) is 1. The molecule has 4 rings (SSSR count). The molecular formula is C18H17N5O5. The van der Waals surface area contributed by atoms with Crippen LogP contribution in [0.1, 0.15) is 30.9 Å². The lowest BCUT2D eigenvalue weighted by Gasteiger charge is -2.21. The van der Waals surface area contributed by atoms with Gasteiger partial charge in [-0.3, -0.25) is 15.0 Å². The van der Waals surface area contributed by atoms with Crippen LogP contribution in [0.3, 0.4) is 0 Å². The van der Waals surface area contributed by atoms with Crippen molar-refractivity contribution in [3.63, 3.8) is 0 Å². The third-order valence-electron chi connectivity index (χ3n) is 4.97. The number of benzene rings is 1. The molecule has 1 N–H and O–H groups in total. The summed E-state index contributed by atoms with van der Waals surface area (Å²) in [5, 5.41) is 19.4. The maximum absolute atomic E-state index is 12.7. The van der Waals surface area contributed by atoms with E-state index in [0.29, 0.717) is 5.75 Å². The highest BCUT2D eigenvalue weighted by molar-refractivity contribution is 5.89. The first kappa shape index (κ1) is 17.8. The van der Waals surface area contributed by atoms with Crippen LogP contribution in [0.5, 0.6) is 5.75 Å². The van der Waals surface area contributed by atoms with Crippen molar-refractivity contribution in [2.75, 3.05) is 12.5 Å². The summed E-state index contributed by atoms with van der Waals surface area (Å²) < 4.78 is 6.57. The van der Waals surface area contributed by atoms with Gasteiger partial charge in [-0.2, -0.15) is 5.10 Å². The molecule has 1 fully saturated rings. The minimum absolute atomic E-state index is 0.0187. The van der Waals surface area contributed by atoms with E-state index in [4.69, 9.17) is 4.74 Å². The van der Waals surface area contributed by atoms with E-state index in [2.05, 4.69) is 15.6 Å². The number of methoxy groups -OCH3 is 1. The molecule has 1 heterocycles. The molecule has 1 aliphatic rings. The summed E-state index contributed by atoms with van der Waals surface area (Å²) in [5.74, 6) is 0.256. The van der Waals surface area contributed by atoms with E-state index in [-0.39, 0.29) is 33.8 Å². The van der Waals surface area contributed by atoms with Gasteiger partial charge < -0.3 is 14.9 Å². The first-order chi connectivity index (χ1) is 13.4. The second-order valence-corrected chi connectivity index (χ2v) is 6.79. The molecule has 0 unspecified atom stereocenters. The Morgan fingerprint density at radius 1 is 1.29 bits per heavy atom. The van der Waals surface area contributed by atoms with E-state index in [0.717, 1.165) is 24.8 Å². The second kappa shape index (κ2) is 6.55. The summed E-state index contributed by atoms with van der Waals surface area (Å²) in [6.45, 7) is 1.79. The molecule has 0 aliphatic heterocycles. The third-order valence-corrected chi connectivity index (χ3v) is 4.97. The van der Waals surface area contributed by atoms with Crippen molar-refractivity contribution in [2.24, 2.45) is 5.10 Å². The quantitative estimate of drug-likeness (QED) is 0.522. The Morgan fingerprint density at radius 3 is 2.64 bits per heavy atom. The number of anilines is 1. The van der Waals surface area contributed by atoms with Gasteiger partial charge in [-0.25, -0.2) is 0 Å². The molecule has 0 bridgehead atoms. The fourth-order valence-electron chi connectivity index (χ4n) is 3.37. The van der Waals surface area contributed by atoms with Gasteiger partial charge in [-0.1, -0.05) is 5.10 Å². The molecule has 0 saturated heterocycles. The predicted molar refractivity (Wildman–Crippen MR) is 101 cm³/mol. The maximum atomic E-state index is 12.7. The fourth-order valence-corrected chi connectivity index (χ4v) is 3.37. The topological polar surface area (TPSA) is 129 Å². The van der Waals surface area contributed by atoms with Crippen LogP contribution in [0, 0.1) is 17.0 Å². The highest BCUT2D eigenvalue weighted by Crippen LogP contribution is 2.35. The third kappa shape index (κ3) is 2.73. The fraction of sp³-hybridized carbons (Fsp3) is 0.333. The number of nitrogens with zero attached hydrogens (tertiary/aromatic N) is 4. The molecule has 10 nitrogen and oxygen atoms in total. The number of aryl methyl sites for hydroxylation is 1. The zero-order valence-electron chi connectivity index (χ0n) is 15.3. The first-order valence-corrected chi connectivity index (χ1v) is 8.76. The highest BCUT2D eigenvalue weighted by Gasteiger charge is 2.31. The number of aromatic nitrogens is 2. The van der Waals surface area contributed by atoms with E-state index in [9.17, 15) is 19.7 Å². The molecule has 0 amide bonds. The van der Waals surface area contributed by atoms with Crippen molar-refractivity contribution in [1.82, 2.24) is 9.78 Å². The monoisotopic (exact) mass is 383 g/mol. The molecule has 0 spiro atoms. The van der Waals surface area contributed by atoms with Crippen molar-refractivity contribution >= 4 is 22.4 Å². The molecule has 0 radical (unpaired) electrons. The van der Waals surface area contributed by atoms with Gasteiger partial charge in [0.1, 0.15) is 11.8 Å². The Balaban J connectivity index is 1.79. The van der Waals surface area contributed by atoms with Gasteiger partial charge in [0.15, 0.2) is 11.2 Å². The molecule has 3 aromatic rings. The summed E-state index contributed by atoms with van der Waals surface area (Å²) >= 11 is 0. The standard InChI is InChI=1S/C18H17N5O5/c1-9-6-11-15(12(7-9)28-2)18(25)16(17(11)24)20-19-13-8-14(23(26)27)22(21-13)10-4-3-5-10/h6-8,10H,3-5H2,1-2H3,(H,19,21). The lowest BCUT2D eigenvalue weighted by molar-refractivity contribution is -0.393. The molecule has 28 heavy (non-hydrogen) atoms. The average Bonchev–Trinajstić information content (AvgIpc) is 3.12. The average molecular weight is 383 g/mol. The zero-order chi connectivity index (χ0) is 20.0. The van der Waals surface area contributed by atoms with E-state index >= 15 is 0 Å². The van der Waals surface area contributed by atoms with Gasteiger partial charge >= 0.3 is 5.82 Å². The Labute approximate surface area is 157 Å². The van der Waals surface area contributed by atoms with E-state index in [1.807, 2.05) is 0 Å². The van der Waals surface area contributed by atoms with Crippen molar-refractivity contribution in [3.8, 4) is 5.75 Å². The Hall–Kier alpha value is -3.56. The van der Waals surface area contributed by atoms with Gasteiger partial charge in [0.05, 0.1) is 18.6 Å². The van der Waals surface area contributed by atoms with Gasteiger partial charge in [0.2, 0.25) is 10.9 Å². The van der Waals surface area contributed by atoms with Crippen LogP contribution in [0.25, 0.3) is 10.8 Å². The number of nitrogens with one attached hydrogen (secondary N) is 1. The molecule has 0 atom stereocenters. The number of ether oxygens (including phenoxy) is 1. The van der Waals surface area contributed by atoms with E-state index < -0.39 is 15.8 Å². The van der Waals surface area contributed by atoms with Crippen LogP contribution >= 0.6 is 0 Å². The normalized spacial score (nSPS) is 15.0. The number of fused-ring (bicyclic) bond motifs is 1. The zero-order valence-corrected chi connectivity index (χ0v) is 15.3. The van der Waals surface area contributed by atoms with Crippen LogP contribution in [0.15, 0.2) is 32.9 Å². The molecule has 1 aliphatic carbocycles. The molecular weight excluding hydrogens is 366 g/mol. The Kier molecular flexibility index (Phi) is 4.17. The van der Waals surface area contributed by atoms with Crippen molar-refractivity contribution in [1.29, 1.82) is 0 Å². The van der Waals surface area contributed by atoms with Gasteiger partial charge in [0.25, 0.3) is 0 Å². The molecule has 1 saturated carbocycles. The van der Waals surface area contributed by atoms with Gasteiger partial charge in [0, 0.05) is 5.39 Å². The maximum Gasteiger partial charge on any atom is 0.347 e. The highest BCUT2D eigenvalue weighted by atomic mass is 16.6. The SMILES string of the molecule is COc1cc(C)cc2c(=O)c(=NNc3cc([N+](=O)[O-])n(C4CCC4)n3)c(=O)c12. The van der Waals surface area contributed by atoms with E-state index in [1.54, 1.807) is 19.1 Å². The summed E-state index contributed by atoms with van der Waals surface area (Å²) in [4.78, 5) is 36.0. The van der Waals surface area contributed by atoms with Gasteiger partial charge in [-0.05, 0) is 48.8 Å². The largest absolute Gasteiger partial charge is 0.496 e. The number of nitro groups is 1. The summed E-state index contributed by atoms with van der Waals surface area (Å²) in [7, 11) is 1.42. The van der Waals surface area contributed by atoms with Gasteiger partial charge in [-0.15, -0.1) is 4.68 Å². The Bertz CT molecular complexity index is 1250. The van der Waals surface area contributed by atoms with Crippen molar-refractivity contribution < 1.29 is 9.66 Å². The lowest BCUT2D eigenvalue weighted by Crippen LogP contribution is -2.32. The smallest absolute Gasteiger partial charge is 0.347 e. The number of rotatable bonds is 5.